The van der Waals surface area contributed by atoms with Crippen LogP contribution in [0.25, 0.3) is 11.4 Å². The molecular weight excluding hydrogens is 439 g/mol. The van der Waals surface area contributed by atoms with E-state index in [2.05, 4.69) is 30.7 Å². The van der Waals surface area contributed by atoms with Crippen LogP contribution >= 0.6 is 0 Å². The highest BCUT2D eigenvalue weighted by molar-refractivity contribution is 7.92. The first kappa shape index (κ1) is 20.9. The predicted molar refractivity (Wildman–Crippen MR) is 112 cm³/mol. The highest BCUT2D eigenvalue weighted by Gasteiger charge is 2.17. The number of halogens is 1. The molecule has 32 heavy (non-hydrogen) atoms. The minimum Gasteiger partial charge on any atom is -0.313 e. The van der Waals surface area contributed by atoms with Gasteiger partial charge in [0.15, 0.2) is 0 Å². The van der Waals surface area contributed by atoms with Crippen molar-refractivity contribution in [2.45, 2.75) is 4.90 Å². The van der Waals surface area contributed by atoms with Gasteiger partial charge in [-0.3, -0.25) is 19.9 Å². The number of amides is 1. The lowest BCUT2D eigenvalue weighted by molar-refractivity contribution is 0.0961. The molecule has 2 heterocycles. The zero-order valence-corrected chi connectivity index (χ0v) is 17.0. The van der Waals surface area contributed by atoms with Gasteiger partial charge in [-0.05, 0) is 54.6 Å². The number of hydrogen-bond donors (Lipinski definition) is 3. The molecule has 0 fully saturated rings. The maximum atomic E-state index is 13.0. The fourth-order valence-electron chi connectivity index (χ4n) is 2.61. The predicted octanol–water partition coefficient (Wildman–Crippen LogP) is 2.83. The van der Waals surface area contributed by atoms with Crippen LogP contribution in [0.4, 0.5) is 16.1 Å². The summed E-state index contributed by atoms with van der Waals surface area (Å²) in [6, 6.07) is 13.5. The van der Waals surface area contributed by atoms with Gasteiger partial charge in [-0.25, -0.2) is 18.2 Å². The van der Waals surface area contributed by atoms with Crippen molar-refractivity contribution in [2.24, 2.45) is 0 Å². The number of pyridine rings is 1. The Labute approximate surface area is 181 Å². The van der Waals surface area contributed by atoms with Gasteiger partial charge in [0.1, 0.15) is 5.82 Å². The number of nitrogens with one attached hydrogen (secondary N) is 3. The molecule has 4 aromatic rings. The molecule has 2 aromatic heterocycles. The number of carbonyl (C=O) groups excluding carboxylic acids is 1. The lowest BCUT2D eigenvalue weighted by atomic mass is 10.2. The Balaban J connectivity index is 1.43. The molecule has 0 unspecified atom stereocenters. The van der Waals surface area contributed by atoms with Gasteiger partial charge in [0.2, 0.25) is 5.82 Å². The monoisotopic (exact) mass is 454 g/mol. The normalized spacial score (nSPS) is 11.0. The van der Waals surface area contributed by atoms with Crippen molar-refractivity contribution in [3.05, 3.63) is 84.4 Å². The van der Waals surface area contributed by atoms with Gasteiger partial charge >= 0.3 is 6.01 Å². The topological polar surface area (TPSA) is 139 Å². The second-order valence-electron chi connectivity index (χ2n) is 6.38. The lowest BCUT2D eigenvalue weighted by Crippen LogP contribution is -2.29. The minimum absolute atomic E-state index is 0.0630. The summed E-state index contributed by atoms with van der Waals surface area (Å²) in [4.78, 5) is 20.3. The molecule has 0 saturated heterocycles. The quantitative estimate of drug-likeness (QED) is 0.362. The number of rotatable bonds is 7. The summed E-state index contributed by atoms with van der Waals surface area (Å²) in [6.07, 6.45) is 3.15. The Morgan fingerprint density at radius 3 is 2.50 bits per heavy atom. The molecule has 0 aliphatic heterocycles. The van der Waals surface area contributed by atoms with Crippen LogP contribution in [0.3, 0.4) is 0 Å². The van der Waals surface area contributed by atoms with Crippen molar-refractivity contribution in [3.8, 4) is 11.4 Å². The van der Waals surface area contributed by atoms with Crippen LogP contribution in [0.15, 0.2) is 82.5 Å². The molecule has 12 heteroatoms. The number of carbonyl (C=O) groups is 1. The van der Waals surface area contributed by atoms with E-state index in [1.807, 2.05) is 0 Å². The highest BCUT2D eigenvalue weighted by Crippen LogP contribution is 2.18. The molecule has 0 bridgehead atoms. The van der Waals surface area contributed by atoms with E-state index in [1.54, 1.807) is 24.5 Å². The number of hydrazine groups is 1. The minimum atomic E-state index is -4.00. The Bertz CT molecular complexity index is 1340. The zero-order valence-electron chi connectivity index (χ0n) is 16.2. The van der Waals surface area contributed by atoms with Crippen molar-refractivity contribution in [1.82, 2.24) is 20.6 Å². The molecule has 162 valence electrons. The van der Waals surface area contributed by atoms with Crippen molar-refractivity contribution >= 4 is 27.6 Å². The summed E-state index contributed by atoms with van der Waals surface area (Å²) in [5, 5.41) is 3.79. The SMILES string of the molecule is O=C(NNc1nc(-c2ccncc2)no1)c1cccc(S(=O)(=O)Nc2ccc(F)cc2)c1. The fraction of sp³-hybridized carbons (Fsp3) is 0. The lowest BCUT2D eigenvalue weighted by Gasteiger charge is -2.10. The molecular formula is C20H15FN6O4S. The first-order valence-corrected chi connectivity index (χ1v) is 10.6. The van der Waals surface area contributed by atoms with Gasteiger partial charge in [-0.1, -0.05) is 11.2 Å². The first-order valence-electron chi connectivity index (χ1n) is 9.10. The van der Waals surface area contributed by atoms with E-state index in [0.29, 0.717) is 11.4 Å². The van der Waals surface area contributed by atoms with Crippen molar-refractivity contribution < 1.29 is 22.1 Å². The van der Waals surface area contributed by atoms with E-state index in [-0.39, 0.29) is 22.2 Å². The molecule has 1 amide bonds. The Morgan fingerprint density at radius 1 is 1.00 bits per heavy atom. The van der Waals surface area contributed by atoms with Gasteiger partial charge < -0.3 is 4.52 Å². The number of benzene rings is 2. The van der Waals surface area contributed by atoms with Crippen LogP contribution in [0.1, 0.15) is 10.4 Å². The summed E-state index contributed by atoms with van der Waals surface area (Å²) < 4.78 is 45.5. The molecule has 10 nitrogen and oxygen atoms in total. The number of sulfonamides is 1. The van der Waals surface area contributed by atoms with E-state index in [4.69, 9.17) is 4.52 Å². The standard InChI is InChI=1S/C20H15FN6O4S/c21-15-4-6-16(7-5-15)27-32(29,30)17-3-1-2-14(12-17)19(28)24-25-20-23-18(26-31-20)13-8-10-22-11-9-13/h1-12,27H,(H,24,28)(H,23,25,26). The summed E-state index contributed by atoms with van der Waals surface area (Å²) in [6.45, 7) is 0. The molecule has 3 N–H and O–H groups in total. The average Bonchev–Trinajstić information content (AvgIpc) is 3.29. The van der Waals surface area contributed by atoms with Crippen LogP contribution in [0, 0.1) is 5.82 Å². The molecule has 0 spiro atoms. The third kappa shape index (κ3) is 4.87. The van der Waals surface area contributed by atoms with Crippen molar-refractivity contribution in [1.29, 1.82) is 0 Å². The Morgan fingerprint density at radius 2 is 1.75 bits per heavy atom. The number of hydrogen-bond acceptors (Lipinski definition) is 8. The molecule has 2 aromatic carbocycles. The maximum Gasteiger partial charge on any atom is 0.340 e. The molecule has 0 saturated carbocycles. The molecule has 4 rings (SSSR count). The summed E-state index contributed by atoms with van der Waals surface area (Å²) in [5.74, 6) is -0.829. The summed E-state index contributed by atoms with van der Waals surface area (Å²) in [5.41, 5.74) is 5.76. The second kappa shape index (κ2) is 8.81. The Kier molecular flexibility index (Phi) is 5.77. The van der Waals surface area contributed by atoms with Crippen LogP contribution in [-0.4, -0.2) is 29.4 Å². The van der Waals surface area contributed by atoms with Gasteiger partial charge in [-0.2, -0.15) is 4.98 Å². The van der Waals surface area contributed by atoms with E-state index >= 15 is 0 Å². The van der Waals surface area contributed by atoms with Crippen LogP contribution in [0.5, 0.6) is 0 Å². The molecule has 0 aliphatic carbocycles. The molecule has 0 radical (unpaired) electrons. The van der Waals surface area contributed by atoms with Crippen LogP contribution in [-0.2, 0) is 10.0 Å². The zero-order chi connectivity index (χ0) is 22.6. The smallest absolute Gasteiger partial charge is 0.313 e. The van der Waals surface area contributed by atoms with Gasteiger partial charge in [0.05, 0.1) is 4.90 Å². The van der Waals surface area contributed by atoms with Gasteiger partial charge in [0.25, 0.3) is 15.9 Å². The molecule has 0 atom stereocenters. The number of nitrogens with zero attached hydrogens (tertiary/aromatic N) is 3. The summed E-state index contributed by atoms with van der Waals surface area (Å²) >= 11 is 0. The Hall–Kier alpha value is -4.32. The van der Waals surface area contributed by atoms with Crippen LogP contribution < -0.4 is 15.6 Å². The van der Waals surface area contributed by atoms with Gasteiger partial charge in [-0.15, -0.1) is 0 Å². The summed E-state index contributed by atoms with van der Waals surface area (Å²) in [7, 11) is -4.00. The average molecular weight is 454 g/mol. The third-order valence-corrected chi connectivity index (χ3v) is 5.53. The first-order chi connectivity index (χ1) is 15.4. The van der Waals surface area contributed by atoms with Crippen molar-refractivity contribution in [2.75, 3.05) is 10.1 Å². The maximum absolute atomic E-state index is 13.0. The number of aromatic nitrogens is 3. The van der Waals surface area contributed by atoms with E-state index in [9.17, 15) is 17.6 Å². The fourth-order valence-corrected chi connectivity index (χ4v) is 3.72. The van der Waals surface area contributed by atoms with E-state index < -0.39 is 21.7 Å². The second-order valence-corrected chi connectivity index (χ2v) is 8.06. The van der Waals surface area contributed by atoms with E-state index in [1.165, 1.54) is 36.4 Å². The van der Waals surface area contributed by atoms with E-state index in [0.717, 1.165) is 12.1 Å². The highest BCUT2D eigenvalue weighted by atomic mass is 32.2. The van der Waals surface area contributed by atoms with Crippen molar-refractivity contribution in [3.63, 3.8) is 0 Å². The largest absolute Gasteiger partial charge is 0.340 e. The third-order valence-electron chi connectivity index (χ3n) is 4.15. The van der Waals surface area contributed by atoms with Crippen LogP contribution in [0.2, 0.25) is 0 Å². The van der Waals surface area contributed by atoms with Gasteiger partial charge in [0, 0.05) is 29.2 Å². The number of anilines is 2. The molecule has 0 aliphatic rings.